The van der Waals surface area contributed by atoms with E-state index in [9.17, 15) is 9.90 Å². The zero-order chi connectivity index (χ0) is 18.1. The molecular formula is C20H15N3O2S. The van der Waals surface area contributed by atoms with Gasteiger partial charge in [0.2, 0.25) is 0 Å². The second-order valence-electron chi connectivity index (χ2n) is 5.81. The highest BCUT2D eigenvalue weighted by atomic mass is 32.1. The topological polar surface area (TPSA) is 75.1 Å². The van der Waals surface area contributed by atoms with Gasteiger partial charge in [-0.2, -0.15) is 0 Å². The van der Waals surface area contributed by atoms with Gasteiger partial charge in [0.05, 0.1) is 10.9 Å². The molecule has 4 aromatic rings. The number of benzene rings is 2. The van der Waals surface area contributed by atoms with Crippen molar-refractivity contribution in [3.63, 3.8) is 0 Å². The van der Waals surface area contributed by atoms with E-state index in [1.165, 1.54) is 6.33 Å². The first kappa shape index (κ1) is 16.2. The van der Waals surface area contributed by atoms with Crippen LogP contribution in [0, 0.1) is 6.92 Å². The maximum Gasteiger partial charge on any atom is 0.335 e. The molecule has 0 unspecified atom stereocenters. The van der Waals surface area contributed by atoms with E-state index < -0.39 is 5.97 Å². The standard InChI is InChI=1S/C20H15N3O2S/c1-12-16(13-6-3-2-4-7-13)17-18(21-11-22-19(17)26-12)23-15-9-5-8-14(10-15)20(24)25/h2-11H,1H3,(H,24,25)(H,21,22,23). The fraction of sp³-hybridized carbons (Fsp3) is 0.0500. The normalized spacial score (nSPS) is 10.8. The van der Waals surface area contributed by atoms with Crippen LogP contribution in [0.4, 0.5) is 11.5 Å². The van der Waals surface area contributed by atoms with Gasteiger partial charge in [-0.3, -0.25) is 0 Å². The molecule has 2 aromatic heterocycles. The monoisotopic (exact) mass is 361 g/mol. The van der Waals surface area contributed by atoms with E-state index >= 15 is 0 Å². The zero-order valence-corrected chi connectivity index (χ0v) is 14.7. The number of aryl methyl sites for hydroxylation is 1. The summed E-state index contributed by atoms with van der Waals surface area (Å²) < 4.78 is 0. The van der Waals surface area contributed by atoms with Crippen LogP contribution in [-0.4, -0.2) is 21.0 Å². The number of nitrogens with zero attached hydrogens (tertiary/aromatic N) is 2. The SMILES string of the molecule is Cc1sc2ncnc(Nc3cccc(C(=O)O)c3)c2c1-c1ccccc1. The maximum atomic E-state index is 11.2. The molecule has 0 saturated carbocycles. The fourth-order valence-corrected chi connectivity index (χ4v) is 3.97. The number of carboxylic acids is 1. The third kappa shape index (κ3) is 2.91. The van der Waals surface area contributed by atoms with Gasteiger partial charge in [-0.1, -0.05) is 36.4 Å². The maximum absolute atomic E-state index is 11.2. The van der Waals surface area contributed by atoms with Crippen molar-refractivity contribution in [3.8, 4) is 11.1 Å². The van der Waals surface area contributed by atoms with Crippen molar-refractivity contribution in [3.05, 3.63) is 71.4 Å². The van der Waals surface area contributed by atoms with Crippen LogP contribution in [0.1, 0.15) is 15.2 Å². The van der Waals surface area contributed by atoms with Crippen LogP contribution < -0.4 is 5.32 Å². The summed E-state index contributed by atoms with van der Waals surface area (Å²) in [5.74, 6) is -0.293. The summed E-state index contributed by atoms with van der Waals surface area (Å²) in [5.41, 5.74) is 3.11. The summed E-state index contributed by atoms with van der Waals surface area (Å²) in [6.07, 6.45) is 1.52. The van der Waals surface area contributed by atoms with E-state index in [1.54, 1.807) is 29.5 Å². The molecule has 4 rings (SSSR count). The highest BCUT2D eigenvalue weighted by molar-refractivity contribution is 7.19. The summed E-state index contributed by atoms with van der Waals surface area (Å²) in [6.45, 7) is 2.07. The number of thiophene rings is 1. The van der Waals surface area contributed by atoms with Crippen LogP contribution in [0.5, 0.6) is 0 Å². The van der Waals surface area contributed by atoms with Crippen molar-refractivity contribution in [1.29, 1.82) is 0 Å². The van der Waals surface area contributed by atoms with Crippen molar-refractivity contribution in [2.45, 2.75) is 6.92 Å². The summed E-state index contributed by atoms with van der Waals surface area (Å²) in [5, 5.41) is 13.4. The second-order valence-corrected chi connectivity index (χ2v) is 7.02. The number of aromatic carboxylic acids is 1. The van der Waals surface area contributed by atoms with E-state index in [2.05, 4.69) is 34.3 Å². The molecular weight excluding hydrogens is 346 g/mol. The number of aromatic nitrogens is 2. The first-order chi connectivity index (χ1) is 12.6. The van der Waals surface area contributed by atoms with Gasteiger partial charge in [-0.05, 0) is 30.7 Å². The Hall–Kier alpha value is -3.25. The molecule has 0 aliphatic carbocycles. The van der Waals surface area contributed by atoms with Crippen molar-refractivity contribution in [2.24, 2.45) is 0 Å². The average molecular weight is 361 g/mol. The number of carbonyl (C=O) groups is 1. The molecule has 2 N–H and O–H groups in total. The lowest BCUT2D eigenvalue weighted by atomic mass is 10.0. The lowest BCUT2D eigenvalue weighted by molar-refractivity contribution is 0.0697. The number of carboxylic acid groups (broad SMARTS) is 1. The van der Waals surface area contributed by atoms with Crippen molar-refractivity contribution in [2.75, 3.05) is 5.32 Å². The Balaban J connectivity index is 1.86. The lowest BCUT2D eigenvalue weighted by Crippen LogP contribution is -1.99. The van der Waals surface area contributed by atoms with Crippen molar-refractivity contribution in [1.82, 2.24) is 9.97 Å². The quantitative estimate of drug-likeness (QED) is 0.528. The molecule has 0 fully saturated rings. The molecule has 0 radical (unpaired) electrons. The Morgan fingerprint density at radius 1 is 1.08 bits per heavy atom. The first-order valence-electron chi connectivity index (χ1n) is 8.03. The molecule has 0 saturated heterocycles. The molecule has 0 amide bonds. The molecule has 2 heterocycles. The van der Waals surface area contributed by atoms with E-state index in [-0.39, 0.29) is 5.56 Å². The molecule has 0 spiro atoms. The summed E-state index contributed by atoms with van der Waals surface area (Å²) in [6, 6.07) is 16.8. The number of fused-ring (bicyclic) bond motifs is 1. The van der Waals surface area contributed by atoms with Gasteiger partial charge in [-0.15, -0.1) is 11.3 Å². The smallest absolute Gasteiger partial charge is 0.335 e. The third-order valence-corrected chi connectivity index (χ3v) is 5.11. The van der Waals surface area contributed by atoms with E-state index in [0.29, 0.717) is 11.5 Å². The zero-order valence-electron chi connectivity index (χ0n) is 13.9. The molecule has 6 heteroatoms. The third-order valence-electron chi connectivity index (χ3n) is 4.10. The van der Waals surface area contributed by atoms with Crippen molar-refractivity contribution < 1.29 is 9.90 Å². The van der Waals surface area contributed by atoms with E-state index in [4.69, 9.17) is 0 Å². The van der Waals surface area contributed by atoms with Crippen LogP contribution in [0.15, 0.2) is 60.9 Å². The van der Waals surface area contributed by atoms with Crippen LogP contribution in [-0.2, 0) is 0 Å². The van der Waals surface area contributed by atoms with E-state index in [0.717, 1.165) is 26.2 Å². The number of hydrogen-bond acceptors (Lipinski definition) is 5. The van der Waals surface area contributed by atoms with Crippen LogP contribution in [0.2, 0.25) is 0 Å². The lowest BCUT2D eigenvalue weighted by Gasteiger charge is -2.09. The predicted octanol–water partition coefficient (Wildman–Crippen LogP) is 5.11. The molecule has 26 heavy (non-hydrogen) atoms. The molecule has 0 aliphatic rings. The molecule has 0 bridgehead atoms. The van der Waals surface area contributed by atoms with Gasteiger partial charge in [0, 0.05) is 16.1 Å². The Morgan fingerprint density at radius 3 is 2.65 bits per heavy atom. The molecule has 128 valence electrons. The minimum Gasteiger partial charge on any atom is -0.478 e. The Kier molecular flexibility index (Phi) is 4.10. The van der Waals surface area contributed by atoms with Gasteiger partial charge in [-0.25, -0.2) is 14.8 Å². The van der Waals surface area contributed by atoms with Gasteiger partial charge < -0.3 is 10.4 Å². The second kappa shape index (κ2) is 6.57. The summed E-state index contributed by atoms with van der Waals surface area (Å²) >= 11 is 1.62. The minimum absolute atomic E-state index is 0.227. The van der Waals surface area contributed by atoms with E-state index in [1.807, 2.05) is 24.3 Å². The molecule has 5 nitrogen and oxygen atoms in total. The number of rotatable bonds is 4. The van der Waals surface area contributed by atoms with Crippen LogP contribution in [0.25, 0.3) is 21.3 Å². The fourth-order valence-electron chi connectivity index (χ4n) is 2.96. The van der Waals surface area contributed by atoms with Crippen molar-refractivity contribution >= 4 is 39.0 Å². The predicted molar refractivity (Wildman–Crippen MR) is 104 cm³/mol. The van der Waals surface area contributed by atoms with Gasteiger partial charge >= 0.3 is 5.97 Å². The Morgan fingerprint density at radius 2 is 1.88 bits per heavy atom. The number of nitrogens with one attached hydrogen (secondary N) is 1. The number of anilines is 2. The molecule has 0 atom stereocenters. The highest BCUT2D eigenvalue weighted by Crippen LogP contribution is 2.40. The Bertz CT molecular complexity index is 1110. The summed E-state index contributed by atoms with van der Waals surface area (Å²) in [7, 11) is 0. The first-order valence-corrected chi connectivity index (χ1v) is 8.85. The summed E-state index contributed by atoms with van der Waals surface area (Å²) in [4.78, 5) is 22.1. The number of hydrogen-bond donors (Lipinski definition) is 2. The van der Waals surface area contributed by atoms with Crippen LogP contribution >= 0.6 is 11.3 Å². The largest absolute Gasteiger partial charge is 0.478 e. The highest BCUT2D eigenvalue weighted by Gasteiger charge is 2.17. The van der Waals surface area contributed by atoms with Gasteiger partial charge in [0.15, 0.2) is 0 Å². The molecule has 2 aromatic carbocycles. The Labute approximate surface area is 154 Å². The van der Waals surface area contributed by atoms with Gasteiger partial charge in [0.1, 0.15) is 17.0 Å². The van der Waals surface area contributed by atoms with Gasteiger partial charge in [0.25, 0.3) is 0 Å². The average Bonchev–Trinajstić information content (AvgIpc) is 2.99. The minimum atomic E-state index is -0.960. The van der Waals surface area contributed by atoms with Crippen LogP contribution in [0.3, 0.4) is 0 Å². The molecule has 0 aliphatic heterocycles.